The number of ketones is 2. The molecular formula is C21H21F3O2. The van der Waals surface area contributed by atoms with Crippen LogP contribution in [0.3, 0.4) is 0 Å². The fraction of sp³-hybridized carbons (Fsp3) is 0.333. The molecule has 0 fully saturated rings. The molecule has 0 spiro atoms. The monoisotopic (exact) mass is 362 g/mol. The van der Waals surface area contributed by atoms with Crippen LogP contribution in [0.5, 0.6) is 0 Å². The second-order valence-corrected chi connectivity index (χ2v) is 6.63. The van der Waals surface area contributed by atoms with E-state index in [0.717, 1.165) is 12.0 Å². The van der Waals surface area contributed by atoms with Crippen LogP contribution in [0.25, 0.3) is 0 Å². The number of carbonyl (C=O) groups is 2. The highest BCUT2D eigenvalue weighted by atomic mass is 19.4. The summed E-state index contributed by atoms with van der Waals surface area (Å²) in [7, 11) is 0. The lowest BCUT2D eigenvalue weighted by Crippen LogP contribution is -2.30. The second-order valence-electron chi connectivity index (χ2n) is 6.63. The van der Waals surface area contributed by atoms with E-state index in [4.69, 9.17) is 0 Å². The van der Waals surface area contributed by atoms with Gasteiger partial charge in [0.2, 0.25) is 0 Å². The molecular weight excluding hydrogens is 341 g/mol. The Morgan fingerprint density at radius 1 is 0.962 bits per heavy atom. The van der Waals surface area contributed by atoms with Crippen molar-refractivity contribution >= 4 is 11.6 Å². The number of hydrogen-bond acceptors (Lipinski definition) is 2. The van der Waals surface area contributed by atoms with Gasteiger partial charge in [0.15, 0.2) is 11.6 Å². The molecule has 0 aliphatic heterocycles. The van der Waals surface area contributed by atoms with Crippen molar-refractivity contribution in [2.75, 3.05) is 0 Å². The average Bonchev–Trinajstić information content (AvgIpc) is 2.55. The summed E-state index contributed by atoms with van der Waals surface area (Å²) in [5, 5.41) is 0. The number of alkyl halides is 3. The van der Waals surface area contributed by atoms with Gasteiger partial charge in [0, 0.05) is 16.7 Å². The third kappa shape index (κ3) is 4.40. The highest BCUT2D eigenvalue weighted by Crippen LogP contribution is 2.38. The van der Waals surface area contributed by atoms with Crippen LogP contribution in [0, 0.1) is 0 Å². The Bertz CT molecular complexity index is 820. The van der Waals surface area contributed by atoms with E-state index in [1.165, 1.54) is 23.8 Å². The molecule has 0 radical (unpaired) electrons. The summed E-state index contributed by atoms with van der Waals surface area (Å²) >= 11 is 0. The van der Waals surface area contributed by atoms with Crippen molar-refractivity contribution in [3.05, 3.63) is 69.8 Å². The minimum absolute atomic E-state index is 0.0381. The molecule has 1 aliphatic rings. The molecule has 1 aliphatic carbocycles. The zero-order valence-electron chi connectivity index (χ0n) is 15.0. The summed E-state index contributed by atoms with van der Waals surface area (Å²) in [5.41, 5.74) is 0.103. The van der Waals surface area contributed by atoms with Gasteiger partial charge in [0.1, 0.15) is 5.57 Å². The van der Waals surface area contributed by atoms with E-state index in [1.54, 1.807) is 12.1 Å². The maximum atomic E-state index is 13.5. The van der Waals surface area contributed by atoms with E-state index in [1.807, 2.05) is 26.8 Å². The van der Waals surface area contributed by atoms with Gasteiger partial charge in [0.25, 0.3) is 0 Å². The van der Waals surface area contributed by atoms with Crippen molar-refractivity contribution in [1.82, 2.24) is 0 Å². The molecule has 0 heterocycles. The molecule has 0 atom stereocenters. The minimum Gasteiger partial charge on any atom is -0.289 e. The van der Waals surface area contributed by atoms with Crippen LogP contribution in [-0.2, 0) is 0 Å². The number of fused-ring (bicyclic) bond motifs is 1. The average molecular weight is 362 g/mol. The van der Waals surface area contributed by atoms with Crippen LogP contribution < -0.4 is 0 Å². The number of carbonyl (C=O) groups excluding carboxylic acids is 2. The smallest absolute Gasteiger partial charge is 0.289 e. The first-order chi connectivity index (χ1) is 12.1. The Balaban J connectivity index is 2.38. The van der Waals surface area contributed by atoms with E-state index in [-0.39, 0.29) is 17.5 Å². The molecule has 1 aromatic carbocycles. The molecule has 0 amide bonds. The van der Waals surface area contributed by atoms with Gasteiger partial charge in [-0.1, -0.05) is 47.6 Å². The molecule has 0 unspecified atom stereocenters. The predicted octanol–water partition coefficient (Wildman–Crippen LogP) is 6.01. The van der Waals surface area contributed by atoms with Crippen LogP contribution in [0.2, 0.25) is 0 Å². The fourth-order valence-corrected chi connectivity index (χ4v) is 2.89. The molecule has 0 bridgehead atoms. The third-order valence-electron chi connectivity index (χ3n) is 4.25. The first kappa shape index (κ1) is 19.9. The fourth-order valence-electron chi connectivity index (χ4n) is 2.89. The van der Waals surface area contributed by atoms with E-state index in [0.29, 0.717) is 6.42 Å². The van der Waals surface area contributed by atoms with Crippen molar-refractivity contribution in [3.8, 4) is 0 Å². The summed E-state index contributed by atoms with van der Waals surface area (Å²) in [4.78, 5) is 24.9. The summed E-state index contributed by atoms with van der Waals surface area (Å²) in [5.74, 6) is -1.85. The van der Waals surface area contributed by atoms with Gasteiger partial charge in [-0.25, -0.2) is 0 Å². The maximum Gasteiger partial charge on any atom is 0.420 e. The van der Waals surface area contributed by atoms with E-state index in [9.17, 15) is 22.8 Å². The predicted molar refractivity (Wildman–Crippen MR) is 95.2 cm³/mol. The molecule has 0 aromatic heterocycles. The highest BCUT2D eigenvalue weighted by Gasteiger charge is 2.46. The summed E-state index contributed by atoms with van der Waals surface area (Å²) < 4.78 is 40.4. The lowest BCUT2D eigenvalue weighted by Gasteiger charge is -2.22. The van der Waals surface area contributed by atoms with Crippen LogP contribution in [0.1, 0.15) is 60.7 Å². The Labute approximate surface area is 151 Å². The zero-order chi connectivity index (χ0) is 19.5. The molecule has 0 saturated carbocycles. The summed E-state index contributed by atoms with van der Waals surface area (Å²) in [6.07, 6.45) is 0.0697. The van der Waals surface area contributed by atoms with Gasteiger partial charge in [-0.15, -0.1) is 0 Å². The van der Waals surface area contributed by atoms with Gasteiger partial charge in [0.05, 0.1) is 0 Å². The van der Waals surface area contributed by atoms with Gasteiger partial charge in [-0.05, 0) is 40.0 Å². The first-order valence-electron chi connectivity index (χ1n) is 8.40. The number of hydrogen-bond donors (Lipinski definition) is 0. The van der Waals surface area contributed by atoms with Crippen LogP contribution in [-0.4, -0.2) is 17.7 Å². The van der Waals surface area contributed by atoms with Crippen LogP contribution in [0.4, 0.5) is 13.2 Å². The Morgan fingerprint density at radius 3 is 2.08 bits per heavy atom. The molecule has 0 saturated heterocycles. The van der Waals surface area contributed by atoms with E-state index < -0.39 is 28.9 Å². The van der Waals surface area contributed by atoms with E-state index in [2.05, 4.69) is 0 Å². The van der Waals surface area contributed by atoms with E-state index >= 15 is 0 Å². The van der Waals surface area contributed by atoms with Gasteiger partial charge < -0.3 is 0 Å². The lowest BCUT2D eigenvalue weighted by molar-refractivity contribution is -0.0896. The molecule has 5 heteroatoms. The van der Waals surface area contributed by atoms with Crippen molar-refractivity contribution in [2.24, 2.45) is 0 Å². The van der Waals surface area contributed by atoms with Crippen molar-refractivity contribution in [1.29, 1.82) is 0 Å². The third-order valence-corrected chi connectivity index (χ3v) is 4.25. The second kappa shape index (κ2) is 7.85. The largest absolute Gasteiger partial charge is 0.420 e. The highest BCUT2D eigenvalue weighted by molar-refractivity contribution is 6.27. The summed E-state index contributed by atoms with van der Waals surface area (Å²) in [6.45, 7) is 5.77. The Morgan fingerprint density at radius 2 is 1.54 bits per heavy atom. The molecule has 1 aromatic rings. The van der Waals surface area contributed by atoms with Crippen molar-refractivity contribution in [3.63, 3.8) is 0 Å². The molecule has 138 valence electrons. The normalized spacial score (nSPS) is 15.2. The minimum atomic E-state index is -4.86. The number of benzene rings is 1. The number of rotatable bonds is 5. The molecule has 0 N–H and O–H groups in total. The van der Waals surface area contributed by atoms with Gasteiger partial charge in [-0.2, -0.15) is 13.2 Å². The zero-order valence-corrected chi connectivity index (χ0v) is 15.0. The molecule has 2 nitrogen and oxygen atoms in total. The molecule has 2 rings (SSSR count). The molecule has 26 heavy (non-hydrogen) atoms. The Kier molecular flexibility index (Phi) is 6.01. The van der Waals surface area contributed by atoms with Crippen molar-refractivity contribution in [2.45, 2.75) is 46.2 Å². The SMILES string of the molecule is CC(C)=CCCC(C)=CCC1=C(C(F)(F)F)C(=O)c2ccccc2C1=O. The Hall–Kier alpha value is -2.43. The number of allylic oxidation sites excluding steroid dienone is 6. The number of halogens is 3. The van der Waals surface area contributed by atoms with Gasteiger partial charge >= 0.3 is 6.18 Å². The quantitative estimate of drug-likeness (QED) is 0.601. The van der Waals surface area contributed by atoms with Crippen molar-refractivity contribution < 1.29 is 22.8 Å². The summed E-state index contributed by atoms with van der Waals surface area (Å²) in [6, 6.07) is 5.66. The first-order valence-corrected chi connectivity index (χ1v) is 8.40. The lowest BCUT2D eigenvalue weighted by atomic mass is 9.82. The van der Waals surface area contributed by atoms with Gasteiger partial charge in [-0.3, -0.25) is 9.59 Å². The maximum absolute atomic E-state index is 13.5. The number of Topliss-reactive ketones (excluding diaryl/α,β-unsaturated/α-hetero) is 2. The van der Waals surface area contributed by atoms with Crippen LogP contribution >= 0.6 is 0 Å². The standard InChI is InChI=1S/C21H21F3O2/c1-13(2)7-6-8-14(3)11-12-17-18(21(22,23)24)20(26)16-10-5-4-9-15(16)19(17)25/h4-5,7,9-11H,6,8,12H2,1-3H3. The topological polar surface area (TPSA) is 34.1 Å². The van der Waals surface area contributed by atoms with Crippen LogP contribution in [0.15, 0.2) is 58.7 Å².